The Morgan fingerprint density at radius 3 is 2.67 bits per heavy atom. The highest BCUT2D eigenvalue weighted by Gasteiger charge is 2.10. The van der Waals surface area contributed by atoms with Crippen molar-refractivity contribution in [3.8, 4) is 0 Å². The van der Waals surface area contributed by atoms with Crippen LogP contribution in [0, 0.1) is 6.92 Å². The molecule has 5 heteroatoms. The standard InChI is InChI=1S/C13H18N4S/c1-9(14)8-11-6-4-5-7-12(11)18-13-16-15-10(2)17(13)3/h4-7,9H,8,14H2,1-3H3. The van der Waals surface area contributed by atoms with Gasteiger partial charge in [-0.15, -0.1) is 10.2 Å². The van der Waals surface area contributed by atoms with Gasteiger partial charge in [-0.3, -0.25) is 0 Å². The van der Waals surface area contributed by atoms with Gasteiger partial charge in [0.2, 0.25) is 0 Å². The molecule has 0 aliphatic carbocycles. The Morgan fingerprint density at radius 1 is 1.33 bits per heavy atom. The number of aryl methyl sites for hydroxylation is 1. The normalized spacial score (nSPS) is 12.7. The van der Waals surface area contributed by atoms with Crippen LogP contribution in [0.25, 0.3) is 0 Å². The highest BCUT2D eigenvalue weighted by Crippen LogP contribution is 2.29. The summed E-state index contributed by atoms with van der Waals surface area (Å²) in [6.45, 7) is 3.97. The highest BCUT2D eigenvalue weighted by atomic mass is 32.2. The van der Waals surface area contributed by atoms with Crippen LogP contribution in [0.15, 0.2) is 34.3 Å². The van der Waals surface area contributed by atoms with Gasteiger partial charge in [0.1, 0.15) is 5.82 Å². The predicted octanol–water partition coefficient (Wildman–Crippen LogP) is 2.16. The predicted molar refractivity (Wildman–Crippen MR) is 73.7 cm³/mol. The van der Waals surface area contributed by atoms with Crippen LogP contribution < -0.4 is 5.73 Å². The fourth-order valence-electron chi connectivity index (χ4n) is 1.69. The van der Waals surface area contributed by atoms with Crippen LogP contribution >= 0.6 is 11.8 Å². The molecule has 2 N–H and O–H groups in total. The van der Waals surface area contributed by atoms with Gasteiger partial charge in [-0.1, -0.05) is 18.2 Å². The van der Waals surface area contributed by atoms with E-state index in [4.69, 9.17) is 5.73 Å². The van der Waals surface area contributed by atoms with Crippen molar-refractivity contribution in [1.82, 2.24) is 14.8 Å². The molecule has 0 fully saturated rings. The zero-order valence-corrected chi connectivity index (χ0v) is 11.7. The lowest BCUT2D eigenvalue weighted by Gasteiger charge is -2.10. The topological polar surface area (TPSA) is 56.7 Å². The van der Waals surface area contributed by atoms with E-state index < -0.39 is 0 Å². The summed E-state index contributed by atoms with van der Waals surface area (Å²) in [5.41, 5.74) is 7.14. The average molecular weight is 262 g/mol. The number of benzene rings is 1. The van der Waals surface area contributed by atoms with E-state index in [1.165, 1.54) is 10.5 Å². The first-order chi connectivity index (χ1) is 8.58. The molecule has 1 aromatic carbocycles. The minimum Gasteiger partial charge on any atom is -0.328 e. The fraction of sp³-hybridized carbons (Fsp3) is 0.385. The van der Waals surface area contributed by atoms with Gasteiger partial charge in [-0.25, -0.2) is 0 Å². The Kier molecular flexibility index (Phi) is 4.04. The lowest BCUT2D eigenvalue weighted by molar-refractivity contribution is 0.727. The maximum absolute atomic E-state index is 5.88. The van der Waals surface area contributed by atoms with Crippen LogP contribution in [0.2, 0.25) is 0 Å². The van der Waals surface area contributed by atoms with Crippen LogP contribution in [0.5, 0.6) is 0 Å². The molecule has 2 aromatic rings. The van der Waals surface area contributed by atoms with Gasteiger partial charge in [0, 0.05) is 18.0 Å². The van der Waals surface area contributed by atoms with Crippen LogP contribution in [0.3, 0.4) is 0 Å². The Labute approximate surface area is 112 Å². The lowest BCUT2D eigenvalue weighted by atomic mass is 10.1. The molecule has 0 saturated heterocycles. The molecule has 1 unspecified atom stereocenters. The summed E-state index contributed by atoms with van der Waals surface area (Å²) in [4.78, 5) is 1.20. The SMILES string of the molecule is Cc1nnc(Sc2ccccc2CC(C)N)n1C. The minimum absolute atomic E-state index is 0.160. The summed E-state index contributed by atoms with van der Waals surface area (Å²) in [5, 5.41) is 9.15. The van der Waals surface area contributed by atoms with Crippen molar-refractivity contribution in [1.29, 1.82) is 0 Å². The third-order valence-electron chi connectivity index (χ3n) is 2.77. The number of hydrogen-bond donors (Lipinski definition) is 1. The van der Waals surface area contributed by atoms with Gasteiger partial charge in [0.25, 0.3) is 0 Å². The monoisotopic (exact) mass is 262 g/mol. The number of rotatable bonds is 4. The van der Waals surface area contributed by atoms with Crippen molar-refractivity contribution < 1.29 is 0 Å². The van der Waals surface area contributed by atoms with Gasteiger partial charge >= 0.3 is 0 Å². The molecule has 96 valence electrons. The van der Waals surface area contributed by atoms with Crippen molar-refractivity contribution >= 4 is 11.8 Å². The van der Waals surface area contributed by atoms with Gasteiger partial charge in [0.05, 0.1) is 0 Å². The molecular formula is C13H18N4S. The lowest BCUT2D eigenvalue weighted by Crippen LogP contribution is -2.18. The Morgan fingerprint density at radius 2 is 2.06 bits per heavy atom. The van der Waals surface area contributed by atoms with Crippen molar-refractivity contribution in [2.75, 3.05) is 0 Å². The average Bonchev–Trinajstić information content (AvgIpc) is 2.63. The molecule has 1 aromatic heterocycles. The van der Waals surface area contributed by atoms with E-state index in [2.05, 4.69) is 22.3 Å². The number of nitrogens with two attached hydrogens (primary N) is 1. The molecule has 0 radical (unpaired) electrons. The first-order valence-corrected chi connectivity index (χ1v) is 6.77. The smallest absolute Gasteiger partial charge is 0.195 e. The third-order valence-corrected chi connectivity index (χ3v) is 3.92. The Hall–Kier alpha value is -1.33. The second-order valence-electron chi connectivity index (χ2n) is 4.48. The minimum atomic E-state index is 0.160. The van der Waals surface area contributed by atoms with E-state index >= 15 is 0 Å². The molecule has 1 atom stereocenters. The molecule has 4 nitrogen and oxygen atoms in total. The summed E-state index contributed by atoms with van der Waals surface area (Å²) in [6.07, 6.45) is 0.875. The second-order valence-corrected chi connectivity index (χ2v) is 5.49. The molecule has 0 amide bonds. The Bertz CT molecular complexity index is 534. The molecular weight excluding hydrogens is 244 g/mol. The fourth-order valence-corrected chi connectivity index (χ4v) is 2.67. The highest BCUT2D eigenvalue weighted by molar-refractivity contribution is 7.99. The molecule has 0 bridgehead atoms. The zero-order valence-electron chi connectivity index (χ0n) is 10.9. The van der Waals surface area contributed by atoms with Crippen LogP contribution in [0.4, 0.5) is 0 Å². The van der Waals surface area contributed by atoms with Crippen molar-refractivity contribution in [3.05, 3.63) is 35.7 Å². The summed E-state index contributed by atoms with van der Waals surface area (Å²) in [7, 11) is 1.98. The molecule has 18 heavy (non-hydrogen) atoms. The van der Waals surface area contributed by atoms with Gasteiger partial charge in [-0.05, 0) is 43.7 Å². The summed E-state index contributed by atoms with van der Waals surface area (Å²) in [6, 6.07) is 8.47. The quantitative estimate of drug-likeness (QED) is 0.917. The van der Waals surface area contributed by atoms with E-state index in [-0.39, 0.29) is 6.04 Å². The van der Waals surface area contributed by atoms with E-state index in [0.29, 0.717) is 0 Å². The largest absolute Gasteiger partial charge is 0.328 e. The van der Waals surface area contributed by atoms with E-state index in [1.807, 2.05) is 37.6 Å². The third kappa shape index (κ3) is 2.91. The summed E-state index contributed by atoms with van der Waals surface area (Å²) < 4.78 is 1.99. The van der Waals surface area contributed by atoms with Crippen molar-refractivity contribution in [3.63, 3.8) is 0 Å². The van der Waals surface area contributed by atoms with Crippen molar-refractivity contribution in [2.45, 2.75) is 36.4 Å². The number of hydrogen-bond acceptors (Lipinski definition) is 4. The maximum Gasteiger partial charge on any atom is 0.195 e. The number of nitrogens with zero attached hydrogens (tertiary/aromatic N) is 3. The van der Waals surface area contributed by atoms with E-state index in [0.717, 1.165) is 17.4 Å². The van der Waals surface area contributed by atoms with Crippen molar-refractivity contribution in [2.24, 2.45) is 12.8 Å². The number of aromatic nitrogens is 3. The van der Waals surface area contributed by atoms with Crippen LogP contribution in [-0.2, 0) is 13.5 Å². The molecule has 0 aliphatic heterocycles. The van der Waals surface area contributed by atoms with E-state index in [9.17, 15) is 0 Å². The molecule has 0 spiro atoms. The van der Waals surface area contributed by atoms with Gasteiger partial charge < -0.3 is 10.3 Å². The first-order valence-electron chi connectivity index (χ1n) is 5.95. The summed E-state index contributed by atoms with van der Waals surface area (Å²) >= 11 is 1.64. The van der Waals surface area contributed by atoms with Gasteiger partial charge in [0.15, 0.2) is 5.16 Å². The molecule has 0 aliphatic rings. The maximum atomic E-state index is 5.88. The zero-order chi connectivity index (χ0) is 13.1. The first kappa shape index (κ1) is 13.1. The second kappa shape index (κ2) is 5.54. The molecule has 1 heterocycles. The van der Waals surface area contributed by atoms with Crippen LogP contribution in [-0.4, -0.2) is 20.8 Å². The molecule has 2 rings (SSSR count). The summed E-state index contributed by atoms with van der Waals surface area (Å²) in [5.74, 6) is 0.919. The van der Waals surface area contributed by atoms with Gasteiger partial charge in [-0.2, -0.15) is 0 Å². The Balaban J connectivity index is 2.26. The van der Waals surface area contributed by atoms with Crippen LogP contribution in [0.1, 0.15) is 18.3 Å². The molecule has 0 saturated carbocycles. The van der Waals surface area contributed by atoms with E-state index in [1.54, 1.807) is 11.8 Å².